The molecule has 11 heteroatoms. The van der Waals surface area contributed by atoms with Crippen LogP contribution in [-0.2, 0) is 13.1 Å². The lowest BCUT2D eigenvalue weighted by atomic mass is 10.1. The van der Waals surface area contributed by atoms with E-state index >= 15 is 0 Å². The van der Waals surface area contributed by atoms with Gasteiger partial charge >= 0.3 is 6.18 Å². The number of aromatic nitrogens is 3. The molecule has 1 aromatic carbocycles. The lowest BCUT2D eigenvalue weighted by Crippen LogP contribution is -2.33. The number of nitriles is 1. The number of carbonyl (C=O) groups excluding carboxylic acids is 1. The summed E-state index contributed by atoms with van der Waals surface area (Å²) in [4.78, 5) is 18.9. The van der Waals surface area contributed by atoms with E-state index in [1.807, 2.05) is 25.1 Å². The molecule has 7 nitrogen and oxygen atoms in total. The number of carbonyl (C=O) groups is 1. The molecule has 4 rings (SSSR count). The number of fused-ring (bicyclic) bond motifs is 1. The first kappa shape index (κ1) is 22.6. The Morgan fingerprint density at radius 3 is 2.64 bits per heavy atom. The third-order valence-electron chi connectivity index (χ3n) is 5.23. The van der Waals surface area contributed by atoms with E-state index in [1.54, 1.807) is 17.1 Å². The number of aryl methyl sites for hydroxylation is 1. The van der Waals surface area contributed by atoms with Crippen molar-refractivity contribution in [2.24, 2.45) is 0 Å². The number of alkyl halides is 3. The van der Waals surface area contributed by atoms with Gasteiger partial charge in [0.2, 0.25) is 0 Å². The molecule has 170 valence electrons. The van der Waals surface area contributed by atoms with Crippen molar-refractivity contribution < 1.29 is 22.7 Å². The van der Waals surface area contributed by atoms with Crippen LogP contribution in [0.3, 0.4) is 0 Å². The van der Waals surface area contributed by atoms with Crippen LogP contribution < -0.4 is 4.74 Å². The summed E-state index contributed by atoms with van der Waals surface area (Å²) in [6.07, 6.45) is -3.36. The molecule has 33 heavy (non-hydrogen) atoms. The van der Waals surface area contributed by atoms with Crippen LogP contribution >= 0.6 is 11.6 Å². The van der Waals surface area contributed by atoms with Gasteiger partial charge < -0.3 is 9.64 Å². The number of rotatable bonds is 4. The fourth-order valence-corrected chi connectivity index (χ4v) is 3.66. The quantitative estimate of drug-likeness (QED) is 0.551. The van der Waals surface area contributed by atoms with Crippen molar-refractivity contribution in [1.29, 1.82) is 5.26 Å². The van der Waals surface area contributed by atoms with Crippen molar-refractivity contribution >= 4 is 17.5 Å². The Labute approximate surface area is 192 Å². The van der Waals surface area contributed by atoms with Gasteiger partial charge in [0, 0.05) is 24.0 Å². The molecule has 0 bridgehead atoms. The van der Waals surface area contributed by atoms with E-state index in [0.717, 1.165) is 29.9 Å². The second-order valence-electron chi connectivity index (χ2n) is 7.58. The largest absolute Gasteiger partial charge is 0.480 e. The summed E-state index contributed by atoms with van der Waals surface area (Å²) < 4.78 is 45.8. The summed E-state index contributed by atoms with van der Waals surface area (Å²) in [5, 5.41) is 13.5. The second kappa shape index (κ2) is 8.41. The van der Waals surface area contributed by atoms with Crippen LogP contribution in [-0.4, -0.2) is 37.9 Å². The van der Waals surface area contributed by atoms with Crippen molar-refractivity contribution in [3.05, 3.63) is 69.8 Å². The maximum absolute atomic E-state index is 13.3. The van der Waals surface area contributed by atoms with Crippen LogP contribution in [0.1, 0.15) is 39.8 Å². The third-order valence-corrected chi connectivity index (χ3v) is 5.62. The van der Waals surface area contributed by atoms with Crippen LogP contribution in [0, 0.1) is 18.3 Å². The molecule has 0 fully saturated rings. The summed E-state index contributed by atoms with van der Waals surface area (Å²) in [6.45, 7) is 3.00. The molecule has 0 aliphatic carbocycles. The maximum atomic E-state index is 13.3. The Kier molecular flexibility index (Phi) is 5.76. The van der Waals surface area contributed by atoms with Crippen molar-refractivity contribution in [2.45, 2.75) is 39.2 Å². The minimum atomic E-state index is -4.64. The highest BCUT2D eigenvalue weighted by molar-refractivity contribution is 6.35. The number of hydrogen-bond acceptors (Lipinski definition) is 5. The molecular formula is C22H17ClF3N5O2. The average Bonchev–Trinajstić information content (AvgIpc) is 3.33. The van der Waals surface area contributed by atoms with Crippen LogP contribution in [0.25, 0.3) is 5.69 Å². The van der Waals surface area contributed by atoms with E-state index in [-0.39, 0.29) is 35.0 Å². The van der Waals surface area contributed by atoms with Gasteiger partial charge in [-0.2, -0.15) is 23.5 Å². The predicted molar refractivity (Wildman–Crippen MR) is 112 cm³/mol. The first-order valence-electron chi connectivity index (χ1n) is 9.84. The summed E-state index contributed by atoms with van der Waals surface area (Å²) in [5.41, 5.74) is 2.72. The standard InChI is InChI=1S/C22H17ClF3N5O2/c1-12-3-5-16(8-28-12)31-10-15-9-30(11-17(15)29-31)21(32)19-18(33-13(2)22(24,25)26)6-4-14(7-27)20(19)23/h3-6,8,10,13H,9,11H2,1-2H3. The van der Waals surface area contributed by atoms with Gasteiger partial charge in [0.05, 0.1) is 34.7 Å². The van der Waals surface area contributed by atoms with Crippen LogP contribution in [0.5, 0.6) is 5.75 Å². The van der Waals surface area contributed by atoms with Gasteiger partial charge in [-0.25, -0.2) is 4.68 Å². The van der Waals surface area contributed by atoms with E-state index < -0.39 is 18.2 Å². The predicted octanol–water partition coefficient (Wildman–Crippen LogP) is 4.59. The van der Waals surface area contributed by atoms with Gasteiger partial charge in [-0.05, 0) is 38.1 Å². The summed E-state index contributed by atoms with van der Waals surface area (Å²) in [7, 11) is 0. The first-order chi connectivity index (χ1) is 15.6. The molecular weight excluding hydrogens is 459 g/mol. The maximum Gasteiger partial charge on any atom is 0.425 e. The number of pyridine rings is 1. The Morgan fingerprint density at radius 1 is 1.27 bits per heavy atom. The van der Waals surface area contributed by atoms with E-state index in [4.69, 9.17) is 16.3 Å². The normalized spacial score (nSPS) is 14.0. The molecule has 0 saturated carbocycles. The smallest absolute Gasteiger partial charge is 0.425 e. The number of amides is 1. The fourth-order valence-electron chi connectivity index (χ4n) is 3.38. The van der Waals surface area contributed by atoms with Gasteiger partial charge in [0.25, 0.3) is 5.91 Å². The molecule has 0 N–H and O–H groups in total. The second-order valence-corrected chi connectivity index (χ2v) is 7.96. The molecule has 1 aliphatic rings. The zero-order valence-corrected chi connectivity index (χ0v) is 18.3. The molecule has 0 saturated heterocycles. The molecule has 1 amide bonds. The highest BCUT2D eigenvalue weighted by atomic mass is 35.5. The number of nitrogens with zero attached hydrogens (tertiary/aromatic N) is 5. The van der Waals surface area contributed by atoms with Crippen LogP contribution in [0.15, 0.2) is 36.7 Å². The van der Waals surface area contributed by atoms with Gasteiger partial charge in [-0.3, -0.25) is 9.78 Å². The zero-order valence-electron chi connectivity index (χ0n) is 17.5. The van der Waals surface area contributed by atoms with Crippen LogP contribution in [0.2, 0.25) is 5.02 Å². The van der Waals surface area contributed by atoms with Gasteiger partial charge in [-0.15, -0.1) is 0 Å². The molecule has 1 aliphatic heterocycles. The van der Waals surface area contributed by atoms with Crippen molar-refractivity contribution in [3.8, 4) is 17.5 Å². The van der Waals surface area contributed by atoms with E-state index in [2.05, 4.69) is 10.1 Å². The van der Waals surface area contributed by atoms with Crippen molar-refractivity contribution in [3.63, 3.8) is 0 Å². The molecule has 1 atom stereocenters. The van der Waals surface area contributed by atoms with E-state index in [0.29, 0.717) is 5.69 Å². The van der Waals surface area contributed by atoms with Crippen LogP contribution in [0.4, 0.5) is 13.2 Å². The minimum absolute atomic E-state index is 0.0407. The average molecular weight is 476 g/mol. The summed E-state index contributed by atoms with van der Waals surface area (Å²) in [6, 6.07) is 7.92. The monoisotopic (exact) mass is 475 g/mol. The lowest BCUT2D eigenvalue weighted by molar-refractivity contribution is -0.189. The number of hydrogen-bond donors (Lipinski definition) is 0. The van der Waals surface area contributed by atoms with Gasteiger partial charge in [-0.1, -0.05) is 11.6 Å². The Balaban J connectivity index is 1.61. The fraction of sp³-hybridized carbons (Fsp3) is 0.273. The summed E-state index contributed by atoms with van der Waals surface area (Å²) in [5.74, 6) is -0.989. The Bertz CT molecular complexity index is 1240. The van der Waals surface area contributed by atoms with Crippen molar-refractivity contribution in [2.75, 3.05) is 0 Å². The molecule has 0 radical (unpaired) electrons. The summed E-state index contributed by atoms with van der Waals surface area (Å²) >= 11 is 6.23. The first-order valence-corrected chi connectivity index (χ1v) is 10.2. The molecule has 1 unspecified atom stereocenters. The third kappa shape index (κ3) is 4.36. The number of halogens is 4. The van der Waals surface area contributed by atoms with E-state index in [1.165, 1.54) is 11.0 Å². The van der Waals surface area contributed by atoms with E-state index in [9.17, 15) is 23.2 Å². The van der Waals surface area contributed by atoms with Gasteiger partial charge in [0.1, 0.15) is 17.4 Å². The zero-order chi connectivity index (χ0) is 23.9. The molecule has 2 aromatic heterocycles. The molecule has 3 heterocycles. The highest BCUT2D eigenvalue weighted by Crippen LogP contribution is 2.35. The van der Waals surface area contributed by atoms with Gasteiger partial charge in [0.15, 0.2) is 6.10 Å². The Hall–Kier alpha value is -3.58. The van der Waals surface area contributed by atoms with Crippen molar-refractivity contribution in [1.82, 2.24) is 19.7 Å². The molecule has 3 aromatic rings. The highest BCUT2D eigenvalue weighted by Gasteiger charge is 2.39. The molecule has 0 spiro atoms. The lowest BCUT2D eigenvalue weighted by Gasteiger charge is -2.23. The number of ether oxygens (including phenoxy) is 1. The number of benzene rings is 1. The Morgan fingerprint density at radius 2 is 2.03 bits per heavy atom. The minimum Gasteiger partial charge on any atom is -0.480 e. The topological polar surface area (TPSA) is 84.0 Å². The SMILES string of the molecule is Cc1ccc(-n2cc3c(n2)CN(C(=O)c2c(OC(C)C(F)(F)F)ccc(C#N)c2Cl)C3)cn1.